The first-order chi connectivity index (χ1) is 13.7. The molecule has 0 radical (unpaired) electrons. The number of aryl methyl sites for hydroxylation is 1. The summed E-state index contributed by atoms with van der Waals surface area (Å²) < 4.78 is 0. The van der Waals surface area contributed by atoms with Crippen LogP contribution in [0.1, 0.15) is 5.56 Å². The minimum atomic E-state index is 0.763. The Balaban J connectivity index is 1.88. The molecule has 0 heterocycles. The average molecular weight is 379 g/mol. The van der Waals surface area contributed by atoms with Crippen molar-refractivity contribution in [1.82, 2.24) is 0 Å². The molecule has 0 spiro atoms. The highest BCUT2D eigenvalue weighted by Gasteiger charge is 2.13. The molecular formula is C27H19Cl. The van der Waals surface area contributed by atoms with Crippen molar-refractivity contribution in [1.29, 1.82) is 0 Å². The quantitative estimate of drug-likeness (QED) is 0.271. The third-order valence-electron chi connectivity index (χ3n) is 5.48. The van der Waals surface area contributed by atoms with Crippen LogP contribution in [0.3, 0.4) is 0 Å². The molecule has 134 valence electrons. The number of hydrogen-bond acceptors (Lipinski definition) is 0. The van der Waals surface area contributed by atoms with Gasteiger partial charge in [-0.05, 0) is 74.5 Å². The van der Waals surface area contributed by atoms with Gasteiger partial charge in [-0.15, -0.1) is 0 Å². The maximum atomic E-state index is 6.34. The van der Waals surface area contributed by atoms with Crippen LogP contribution in [0.4, 0.5) is 0 Å². The predicted octanol–water partition coefficient (Wildman–Crippen LogP) is 8.29. The van der Waals surface area contributed by atoms with Gasteiger partial charge >= 0.3 is 0 Å². The highest BCUT2D eigenvalue weighted by atomic mass is 35.5. The highest BCUT2D eigenvalue weighted by Crippen LogP contribution is 2.40. The second-order valence-corrected chi connectivity index (χ2v) is 7.63. The van der Waals surface area contributed by atoms with Gasteiger partial charge in [0, 0.05) is 5.02 Å². The van der Waals surface area contributed by atoms with E-state index >= 15 is 0 Å². The van der Waals surface area contributed by atoms with Gasteiger partial charge in [0.25, 0.3) is 0 Å². The lowest BCUT2D eigenvalue weighted by Gasteiger charge is -2.16. The van der Waals surface area contributed by atoms with Gasteiger partial charge in [-0.3, -0.25) is 0 Å². The van der Waals surface area contributed by atoms with Gasteiger partial charge < -0.3 is 0 Å². The summed E-state index contributed by atoms with van der Waals surface area (Å²) in [6, 6.07) is 34.3. The van der Waals surface area contributed by atoms with E-state index in [0.717, 1.165) is 5.02 Å². The van der Waals surface area contributed by atoms with E-state index in [2.05, 4.69) is 97.9 Å². The second kappa shape index (κ2) is 6.82. The molecule has 0 saturated heterocycles. The summed E-state index contributed by atoms with van der Waals surface area (Å²) in [5.74, 6) is 0. The maximum absolute atomic E-state index is 6.34. The van der Waals surface area contributed by atoms with Crippen LogP contribution in [0.25, 0.3) is 43.8 Å². The van der Waals surface area contributed by atoms with Crippen molar-refractivity contribution in [2.45, 2.75) is 6.92 Å². The van der Waals surface area contributed by atoms with E-state index in [0.29, 0.717) is 0 Å². The molecular weight excluding hydrogens is 360 g/mol. The Kier molecular flexibility index (Phi) is 4.15. The molecule has 0 amide bonds. The molecule has 1 heteroatoms. The lowest BCUT2D eigenvalue weighted by molar-refractivity contribution is 1.46. The molecule has 0 aliphatic rings. The summed E-state index contributed by atoms with van der Waals surface area (Å²) in [6.45, 7) is 2.14. The summed E-state index contributed by atoms with van der Waals surface area (Å²) in [7, 11) is 0. The first-order valence-electron chi connectivity index (χ1n) is 9.49. The number of fused-ring (bicyclic) bond motifs is 3. The van der Waals surface area contributed by atoms with E-state index in [1.165, 1.54) is 49.4 Å². The molecule has 0 aliphatic carbocycles. The van der Waals surface area contributed by atoms with Gasteiger partial charge in [-0.25, -0.2) is 0 Å². The summed E-state index contributed by atoms with van der Waals surface area (Å²) in [6.07, 6.45) is 0. The molecule has 5 aromatic rings. The van der Waals surface area contributed by atoms with Gasteiger partial charge in [-0.2, -0.15) is 0 Å². The molecule has 0 aromatic heterocycles. The fraction of sp³-hybridized carbons (Fsp3) is 0.0370. The minimum absolute atomic E-state index is 0.763. The van der Waals surface area contributed by atoms with Crippen molar-refractivity contribution in [2.24, 2.45) is 0 Å². The summed E-state index contributed by atoms with van der Waals surface area (Å²) in [4.78, 5) is 0. The summed E-state index contributed by atoms with van der Waals surface area (Å²) in [5.41, 5.74) is 6.10. The van der Waals surface area contributed by atoms with E-state index < -0.39 is 0 Å². The number of rotatable bonds is 2. The van der Waals surface area contributed by atoms with Crippen LogP contribution in [0, 0.1) is 6.92 Å². The van der Waals surface area contributed by atoms with E-state index in [1.807, 2.05) is 6.07 Å². The molecule has 0 fully saturated rings. The first-order valence-corrected chi connectivity index (χ1v) is 9.86. The van der Waals surface area contributed by atoms with E-state index in [-0.39, 0.29) is 0 Å². The Hall–Kier alpha value is -3.09. The van der Waals surface area contributed by atoms with Crippen LogP contribution < -0.4 is 0 Å². The average Bonchev–Trinajstić information content (AvgIpc) is 2.75. The lowest BCUT2D eigenvalue weighted by atomic mass is 9.88. The third-order valence-corrected chi connectivity index (χ3v) is 5.71. The van der Waals surface area contributed by atoms with Gasteiger partial charge in [0.15, 0.2) is 0 Å². The number of halogens is 1. The minimum Gasteiger partial charge on any atom is -0.0843 e. The Labute approximate surface area is 170 Å². The van der Waals surface area contributed by atoms with Crippen LogP contribution >= 0.6 is 11.6 Å². The zero-order valence-corrected chi connectivity index (χ0v) is 16.4. The molecule has 28 heavy (non-hydrogen) atoms. The standard InChI is InChI=1S/C27H19Cl/c1-18-14-15-20(28)17-26(18)23-11-5-7-13-25(23)27-16-19-8-2-3-9-21(19)22-10-4-6-12-24(22)27/h2-17H,1H3. The van der Waals surface area contributed by atoms with Crippen molar-refractivity contribution in [3.63, 3.8) is 0 Å². The van der Waals surface area contributed by atoms with Crippen molar-refractivity contribution in [3.05, 3.63) is 108 Å². The van der Waals surface area contributed by atoms with Crippen LogP contribution in [-0.2, 0) is 0 Å². The van der Waals surface area contributed by atoms with Crippen molar-refractivity contribution < 1.29 is 0 Å². The molecule has 0 nitrogen and oxygen atoms in total. The van der Waals surface area contributed by atoms with Gasteiger partial charge in [0.2, 0.25) is 0 Å². The fourth-order valence-electron chi connectivity index (χ4n) is 4.11. The maximum Gasteiger partial charge on any atom is 0.0412 e. The van der Waals surface area contributed by atoms with Crippen LogP contribution in [0.5, 0.6) is 0 Å². The SMILES string of the molecule is Cc1ccc(Cl)cc1-c1ccccc1-c1cc2ccccc2c2ccccc12. The van der Waals surface area contributed by atoms with E-state index in [1.54, 1.807) is 0 Å². The second-order valence-electron chi connectivity index (χ2n) is 7.20. The van der Waals surface area contributed by atoms with Crippen LogP contribution in [0.2, 0.25) is 5.02 Å². The Bertz CT molecular complexity index is 1330. The topological polar surface area (TPSA) is 0 Å². The number of hydrogen-bond donors (Lipinski definition) is 0. The summed E-state index contributed by atoms with van der Waals surface area (Å²) in [5, 5.41) is 5.87. The molecule has 0 saturated carbocycles. The van der Waals surface area contributed by atoms with E-state index in [9.17, 15) is 0 Å². The fourth-order valence-corrected chi connectivity index (χ4v) is 4.29. The van der Waals surface area contributed by atoms with Crippen molar-refractivity contribution in [2.75, 3.05) is 0 Å². The zero-order chi connectivity index (χ0) is 19.1. The van der Waals surface area contributed by atoms with Crippen LogP contribution in [0.15, 0.2) is 97.1 Å². The molecule has 5 rings (SSSR count). The summed E-state index contributed by atoms with van der Waals surface area (Å²) >= 11 is 6.34. The van der Waals surface area contributed by atoms with E-state index in [4.69, 9.17) is 11.6 Å². The molecule has 0 N–H and O–H groups in total. The monoisotopic (exact) mass is 378 g/mol. The van der Waals surface area contributed by atoms with Gasteiger partial charge in [0.1, 0.15) is 0 Å². The molecule has 0 atom stereocenters. The van der Waals surface area contributed by atoms with Gasteiger partial charge in [-0.1, -0.05) is 90.5 Å². The highest BCUT2D eigenvalue weighted by molar-refractivity contribution is 6.31. The predicted molar refractivity (Wildman–Crippen MR) is 122 cm³/mol. The lowest BCUT2D eigenvalue weighted by Crippen LogP contribution is -1.90. The Morgan fingerprint density at radius 2 is 1.11 bits per heavy atom. The first kappa shape index (κ1) is 17.0. The van der Waals surface area contributed by atoms with Crippen molar-refractivity contribution >= 4 is 33.1 Å². The van der Waals surface area contributed by atoms with Crippen molar-refractivity contribution in [3.8, 4) is 22.3 Å². The number of benzene rings is 5. The molecule has 0 unspecified atom stereocenters. The largest absolute Gasteiger partial charge is 0.0843 e. The molecule has 5 aromatic carbocycles. The smallest absolute Gasteiger partial charge is 0.0412 e. The Morgan fingerprint density at radius 1 is 0.500 bits per heavy atom. The zero-order valence-electron chi connectivity index (χ0n) is 15.6. The Morgan fingerprint density at radius 3 is 1.89 bits per heavy atom. The molecule has 0 bridgehead atoms. The van der Waals surface area contributed by atoms with Gasteiger partial charge in [0.05, 0.1) is 0 Å². The molecule has 0 aliphatic heterocycles. The normalized spacial score (nSPS) is 11.2. The third kappa shape index (κ3) is 2.78. The van der Waals surface area contributed by atoms with Crippen LogP contribution in [-0.4, -0.2) is 0 Å².